The molecule has 0 spiro atoms. The molecule has 2 heterocycles. The molecule has 1 aliphatic rings. The molecule has 0 saturated heterocycles. The van der Waals surface area contributed by atoms with E-state index >= 15 is 0 Å². The second-order valence-electron chi connectivity index (χ2n) is 7.06. The van der Waals surface area contributed by atoms with Crippen LogP contribution in [0.1, 0.15) is 16.7 Å². The highest BCUT2D eigenvalue weighted by Crippen LogP contribution is 2.35. The van der Waals surface area contributed by atoms with Crippen molar-refractivity contribution in [1.29, 1.82) is 0 Å². The van der Waals surface area contributed by atoms with Gasteiger partial charge < -0.3 is 9.88 Å². The minimum absolute atomic E-state index is 0.0696. The number of rotatable bonds is 3. The van der Waals surface area contributed by atoms with Crippen molar-refractivity contribution >= 4 is 61.7 Å². The summed E-state index contributed by atoms with van der Waals surface area (Å²) in [6.07, 6.45) is 4.08. The van der Waals surface area contributed by atoms with Crippen LogP contribution in [0, 0.1) is 0 Å². The van der Waals surface area contributed by atoms with E-state index in [1.54, 1.807) is 0 Å². The van der Waals surface area contributed by atoms with Gasteiger partial charge in [-0.25, -0.2) is 0 Å². The van der Waals surface area contributed by atoms with Crippen molar-refractivity contribution in [3.8, 4) is 0 Å². The summed E-state index contributed by atoms with van der Waals surface area (Å²) in [7, 11) is 0. The molecule has 3 nitrogen and oxygen atoms in total. The second-order valence-corrected chi connectivity index (χ2v) is 8.41. The van der Waals surface area contributed by atoms with E-state index in [4.69, 9.17) is 11.6 Å². The van der Waals surface area contributed by atoms with Gasteiger partial charge in [0, 0.05) is 55.5 Å². The van der Waals surface area contributed by atoms with E-state index in [9.17, 15) is 4.79 Å². The van der Waals surface area contributed by atoms with E-state index in [0.29, 0.717) is 5.57 Å². The van der Waals surface area contributed by atoms with Crippen LogP contribution in [0.3, 0.4) is 0 Å². The van der Waals surface area contributed by atoms with Crippen LogP contribution < -0.4 is 5.32 Å². The van der Waals surface area contributed by atoms with Gasteiger partial charge in [0.15, 0.2) is 0 Å². The SMILES string of the molecule is O=C1Nc2ccccc2/C1=C\c1cn(Cc2ccc(Cl)cc2)c2ccc(Br)cc12. The minimum Gasteiger partial charge on any atom is -0.342 e. The first-order valence-electron chi connectivity index (χ1n) is 9.24. The van der Waals surface area contributed by atoms with Crippen LogP contribution in [0.5, 0.6) is 0 Å². The lowest BCUT2D eigenvalue weighted by Crippen LogP contribution is -2.03. The maximum atomic E-state index is 12.6. The fourth-order valence-electron chi connectivity index (χ4n) is 3.77. The molecule has 0 aliphatic carbocycles. The van der Waals surface area contributed by atoms with Crippen LogP contribution in [-0.2, 0) is 11.3 Å². The number of aromatic nitrogens is 1. The number of nitrogens with one attached hydrogen (secondary N) is 1. The van der Waals surface area contributed by atoms with Gasteiger partial charge in [0.1, 0.15) is 0 Å². The Kier molecular flexibility index (Phi) is 4.53. The Morgan fingerprint density at radius 3 is 2.66 bits per heavy atom. The van der Waals surface area contributed by atoms with E-state index in [1.165, 1.54) is 0 Å². The Morgan fingerprint density at radius 1 is 1.03 bits per heavy atom. The van der Waals surface area contributed by atoms with Gasteiger partial charge in [0.05, 0.1) is 0 Å². The predicted octanol–water partition coefficient (Wildman–Crippen LogP) is 6.60. The molecule has 0 radical (unpaired) electrons. The van der Waals surface area contributed by atoms with Gasteiger partial charge in [-0.3, -0.25) is 4.79 Å². The van der Waals surface area contributed by atoms with Gasteiger partial charge in [-0.1, -0.05) is 57.9 Å². The highest BCUT2D eigenvalue weighted by molar-refractivity contribution is 9.10. The van der Waals surface area contributed by atoms with Crippen molar-refractivity contribution in [2.45, 2.75) is 6.54 Å². The zero-order chi connectivity index (χ0) is 20.0. The van der Waals surface area contributed by atoms with E-state index in [-0.39, 0.29) is 5.91 Å². The number of halogens is 2. The first kappa shape index (κ1) is 18.2. The van der Waals surface area contributed by atoms with Crippen molar-refractivity contribution in [2.75, 3.05) is 5.32 Å². The van der Waals surface area contributed by atoms with Gasteiger partial charge in [-0.2, -0.15) is 0 Å². The van der Waals surface area contributed by atoms with Gasteiger partial charge >= 0.3 is 0 Å². The Bertz CT molecular complexity index is 1290. The highest BCUT2D eigenvalue weighted by atomic mass is 79.9. The quantitative estimate of drug-likeness (QED) is 0.341. The number of carbonyl (C=O) groups excluding carboxylic acids is 1. The molecule has 3 aromatic carbocycles. The summed E-state index contributed by atoms with van der Waals surface area (Å²) in [5.41, 5.74) is 5.77. The Labute approximate surface area is 181 Å². The number of fused-ring (bicyclic) bond motifs is 2. The topological polar surface area (TPSA) is 34.0 Å². The Balaban J connectivity index is 1.64. The fourth-order valence-corrected chi connectivity index (χ4v) is 4.25. The van der Waals surface area contributed by atoms with Gasteiger partial charge in [-0.15, -0.1) is 0 Å². The molecule has 5 heteroatoms. The molecule has 4 aromatic rings. The summed E-state index contributed by atoms with van der Waals surface area (Å²) < 4.78 is 3.21. The van der Waals surface area contributed by atoms with Crippen LogP contribution >= 0.6 is 27.5 Å². The van der Waals surface area contributed by atoms with E-state index < -0.39 is 0 Å². The molecular weight excluding hydrogens is 448 g/mol. The summed E-state index contributed by atoms with van der Waals surface area (Å²) in [5.74, 6) is -0.0696. The normalized spacial score (nSPS) is 14.4. The zero-order valence-corrected chi connectivity index (χ0v) is 17.7. The van der Waals surface area contributed by atoms with E-state index in [1.807, 2.05) is 60.7 Å². The number of hydrogen-bond donors (Lipinski definition) is 1. The summed E-state index contributed by atoms with van der Waals surface area (Å²) in [6, 6.07) is 21.9. The summed E-state index contributed by atoms with van der Waals surface area (Å²) in [6.45, 7) is 0.723. The summed E-state index contributed by atoms with van der Waals surface area (Å²) in [4.78, 5) is 12.6. The van der Waals surface area contributed by atoms with Gasteiger partial charge in [0.2, 0.25) is 0 Å². The third kappa shape index (κ3) is 3.39. The number of hydrogen-bond acceptors (Lipinski definition) is 1. The van der Waals surface area contributed by atoms with Crippen LogP contribution in [-0.4, -0.2) is 10.5 Å². The minimum atomic E-state index is -0.0696. The van der Waals surface area contributed by atoms with E-state index in [2.05, 4.69) is 44.1 Å². The number of para-hydroxylation sites is 1. The fraction of sp³-hybridized carbons (Fsp3) is 0.0417. The van der Waals surface area contributed by atoms with E-state index in [0.717, 1.165) is 49.3 Å². The maximum Gasteiger partial charge on any atom is 0.256 e. The molecule has 1 amide bonds. The average Bonchev–Trinajstić information content (AvgIpc) is 3.21. The predicted molar refractivity (Wildman–Crippen MR) is 123 cm³/mol. The summed E-state index contributed by atoms with van der Waals surface area (Å²) >= 11 is 9.60. The molecular formula is C24H16BrClN2O. The van der Waals surface area contributed by atoms with Crippen molar-refractivity contribution < 1.29 is 4.79 Å². The van der Waals surface area contributed by atoms with Gasteiger partial charge in [0.25, 0.3) is 5.91 Å². The first-order chi connectivity index (χ1) is 14.1. The molecule has 0 bridgehead atoms. The number of carbonyl (C=O) groups is 1. The number of benzene rings is 3. The smallest absolute Gasteiger partial charge is 0.256 e. The molecule has 0 fully saturated rings. The molecule has 1 N–H and O–H groups in total. The Hall–Kier alpha value is -2.82. The first-order valence-corrected chi connectivity index (χ1v) is 10.4. The molecule has 1 aliphatic heterocycles. The van der Waals surface area contributed by atoms with Crippen molar-refractivity contribution in [2.24, 2.45) is 0 Å². The zero-order valence-electron chi connectivity index (χ0n) is 15.3. The lowest BCUT2D eigenvalue weighted by Gasteiger charge is -2.06. The number of anilines is 1. The van der Waals surface area contributed by atoms with Crippen LogP contribution in [0.4, 0.5) is 5.69 Å². The molecule has 0 atom stereocenters. The van der Waals surface area contributed by atoms with Crippen molar-refractivity contribution in [3.63, 3.8) is 0 Å². The molecule has 0 unspecified atom stereocenters. The third-order valence-electron chi connectivity index (χ3n) is 5.15. The summed E-state index contributed by atoms with van der Waals surface area (Å²) in [5, 5.41) is 4.77. The number of nitrogens with zero attached hydrogens (tertiary/aromatic N) is 1. The molecule has 29 heavy (non-hydrogen) atoms. The van der Waals surface area contributed by atoms with Gasteiger partial charge in [-0.05, 0) is 48.0 Å². The van der Waals surface area contributed by atoms with Crippen LogP contribution in [0.2, 0.25) is 5.02 Å². The second kappa shape index (κ2) is 7.21. The van der Waals surface area contributed by atoms with Crippen LogP contribution in [0.25, 0.3) is 22.6 Å². The molecule has 0 saturated carbocycles. The third-order valence-corrected chi connectivity index (χ3v) is 5.90. The monoisotopic (exact) mass is 462 g/mol. The molecule has 1 aromatic heterocycles. The van der Waals surface area contributed by atoms with Crippen LogP contribution in [0.15, 0.2) is 77.4 Å². The number of amides is 1. The Morgan fingerprint density at radius 2 is 1.83 bits per heavy atom. The van der Waals surface area contributed by atoms with Crippen molar-refractivity contribution in [1.82, 2.24) is 4.57 Å². The van der Waals surface area contributed by atoms with Crippen molar-refractivity contribution in [3.05, 3.63) is 99.1 Å². The molecule has 142 valence electrons. The average molecular weight is 464 g/mol. The lowest BCUT2D eigenvalue weighted by atomic mass is 10.0. The lowest BCUT2D eigenvalue weighted by molar-refractivity contribution is -0.110. The largest absolute Gasteiger partial charge is 0.342 e. The standard InChI is InChI=1S/C24H16BrClN2O/c25-17-7-10-23-20(12-17)16(14-28(23)13-15-5-8-18(26)9-6-15)11-21-19-3-1-2-4-22(19)27-24(21)29/h1-12,14H,13H2,(H,27,29)/b21-11+. The highest BCUT2D eigenvalue weighted by Gasteiger charge is 2.24. The molecule has 5 rings (SSSR count). The maximum absolute atomic E-state index is 12.6.